The molecule has 0 saturated carbocycles. The van der Waals surface area contributed by atoms with Crippen molar-refractivity contribution in [2.75, 3.05) is 31.6 Å². The fourth-order valence-electron chi connectivity index (χ4n) is 2.42. The lowest BCUT2D eigenvalue weighted by Gasteiger charge is -2.22. The molecule has 1 fully saturated rings. The summed E-state index contributed by atoms with van der Waals surface area (Å²) in [4.78, 5) is 31.3. The summed E-state index contributed by atoms with van der Waals surface area (Å²) in [6.45, 7) is 3.78. The Labute approximate surface area is 124 Å². The average Bonchev–Trinajstić information content (AvgIpc) is 3.00. The van der Waals surface area contributed by atoms with E-state index in [0.29, 0.717) is 17.9 Å². The predicted octanol–water partition coefficient (Wildman–Crippen LogP) is 1.40. The van der Waals surface area contributed by atoms with E-state index in [4.69, 9.17) is 5.11 Å². The smallest absolute Gasteiger partial charge is 0.335 e. The number of nitrogens with zero attached hydrogens (tertiary/aromatic N) is 3. The molecule has 1 amide bonds. The molecular formula is C15H21N3O3. The van der Waals surface area contributed by atoms with Crippen molar-refractivity contribution in [3.05, 3.63) is 23.4 Å². The third-order valence-corrected chi connectivity index (χ3v) is 3.70. The highest BCUT2D eigenvalue weighted by molar-refractivity contribution is 5.89. The summed E-state index contributed by atoms with van der Waals surface area (Å²) in [5, 5.41) is 9.14. The Bertz CT molecular complexity index is 539. The van der Waals surface area contributed by atoms with Crippen LogP contribution in [0.1, 0.15) is 35.8 Å². The molecule has 0 aliphatic carbocycles. The topological polar surface area (TPSA) is 73.7 Å². The standard InChI is InChI=1S/C15H21N3O3/c1-3-12-8-11(15(20)21)9-13(16-12)17(2)10-14(19)18-6-4-5-7-18/h8-9H,3-7,10H2,1-2H3,(H,20,21). The second kappa shape index (κ2) is 6.56. The summed E-state index contributed by atoms with van der Waals surface area (Å²) in [7, 11) is 1.77. The molecule has 2 rings (SSSR count). The maximum Gasteiger partial charge on any atom is 0.335 e. The second-order valence-electron chi connectivity index (χ2n) is 5.31. The Morgan fingerprint density at radius 2 is 2.00 bits per heavy atom. The van der Waals surface area contributed by atoms with Crippen molar-refractivity contribution in [3.8, 4) is 0 Å². The summed E-state index contributed by atoms with van der Waals surface area (Å²) < 4.78 is 0. The minimum absolute atomic E-state index is 0.0653. The first-order valence-electron chi connectivity index (χ1n) is 7.24. The number of hydrogen-bond donors (Lipinski definition) is 1. The molecule has 0 aromatic carbocycles. The van der Waals surface area contributed by atoms with Crippen LogP contribution in [0.25, 0.3) is 0 Å². The summed E-state index contributed by atoms with van der Waals surface area (Å²) >= 11 is 0. The average molecular weight is 291 g/mol. The van der Waals surface area contributed by atoms with Crippen molar-refractivity contribution >= 4 is 17.7 Å². The highest BCUT2D eigenvalue weighted by Crippen LogP contribution is 2.16. The summed E-state index contributed by atoms with van der Waals surface area (Å²) in [5.41, 5.74) is 0.919. The van der Waals surface area contributed by atoms with Crippen molar-refractivity contribution in [2.45, 2.75) is 26.2 Å². The molecule has 21 heavy (non-hydrogen) atoms. The molecule has 1 saturated heterocycles. The summed E-state index contributed by atoms with van der Waals surface area (Å²) in [6.07, 6.45) is 2.77. The van der Waals surface area contributed by atoms with Gasteiger partial charge in [0, 0.05) is 25.8 Å². The van der Waals surface area contributed by atoms with Crippen molar-refractivity contribution in [2.24, 2.45) is 0 Å². The van der Waals surface area contributed by atoms with Gasteiger partial charge in [-0.3, -0.25) is 4.79 Å². The van der Waals surface area contributed by atoms with Gasteiger partial charge in [0.2, 0.25) is 5.91 Å². The number of likely N-dealkylation sites (tertiary alicyclic amines) is 1. The van der Waals surface area contributed by atoms with Gasteiger partial charge in [-0.1, -0.05) is 6.92 Å². The zero-order chi connectivity index (χ0) is 15.4. The van der Waals surface area contributed by atoms with Crippen LogP contribution in [0, 0.1) is 0 Å². The molecule has 0 bridgehead atoms. The van der Waals surface area contributed by atoms with E-state index in [1.807, 2.05) is 11.8 Å². The van der Waals surface area contributed by atoms with Gasteiger partial charge < -0.3 is 14.9 Å². The van der Waals surface area contributed by atoms with E-state index >= 15 is 0 Å². The number of aromatic carboxylic acids is 1. The lowest BCUT2D eigenvalue weighted by atomic mass is 10.2. The van der Waals surface area contributed by atoms with Crippen molar-refractivity contribution in [3.63, 3.8) is 0 Å². The minimum atomic E-state index is -0.979. The molecule has 6 heteroatoms. The van der Waals surface area contributed by atoms with E-state index in [-0.39, 0.29) is 18.0 Å². The van der Waals surface area contributed by atoms with Gasteiger partial charge in [0.15, 0.2) is 0 Å². The first-order valence-corrected chi connectivity index (χ1v) is 7.24. The normalized spacial score (nSPS) is 14.3. The molecule has 0 spiro atoms. The molecule has 1 aliphatic rings. The van der Waals surface area contributed by atoms with Gasteiger partial charge >= 0.3 is 5.97 Å². The molecule has 6 nitrogen and oxygen atoms in total. The first kappa shape index (κ1) is 15.3. The molecule has 1 aliphatic heterocycles. The fraction of sp³-hybridized carbons (Fsp3) is 0.533. The van der Waals surface area contributed by atoms with E-state index in [9.17, 15) is 9.59 Å². The lowest BCUT2D eigenvalue weighted by Crippen LogP contribution is -2.37. The van der Waals surface area contributed by atoms with Crippen LogP contribution < -0.4 is 4.90 Å². The highest BCUT2D eigenvalue weighted by atomic mass is 16.4. The quantitative estimate of drug-likeness (QED) is 0.887. The van der Waals surface area contributed by atoms with Gasteiger partial charge in [-0.25, -0.2) is 9.78 Å². The van der Waals surface area contributed by atoms with Gasteiger partial charge in [0.05, 0.1) is 12.1 Å². The van der Waals surface area contributed by atoms with Crippen LogP contribution in [0.15, 0.2) is 12.1 Å². The van der Waals surface area contributed by atoms with Gasteiger partial charge in [0.25, 0.3) is 0 Å². The molecule has 0 atom stereocenters. The summed E-state index contributed by atoms with van der Waals surface area (Å²) in [6, 6.07) is 3.08. The van der Waals surface area contributed by atoms with Crippen LogP contribution in [-0.2, 0) is 11.2 Å². The fourth-order valence-corrected chi connectivity index (χ4v) is 2.42. The number of hydrogen-bond acceptors (Lipinski definition) is 4. The zero-order valence-electron chi connectivity index (χ0n) is 12.5. The number of rotatable bonds is 5. The van der Waals surface area contributed by atoms with Crippen LogP contribution in [0.2, 0.25) is 0 Å². The number of aromatic nitrogens is 1. The molecule has 2 heterocycles. The highest BCUT2D eigenvalue weighted by Gasteiger charge is 2.20. The van der Waals surface area contributed by atoms with Gasteiger partial charge in [-0.05, 0) is 31.4 Å². The van der Waals surface area contributed by atoms with E-state index < -0.39 is 5.97 Å². The van der Waals surface area contributed by atoms with Crippen LogP contribution in [0.5, 0.6) is 0 Å². The van der Waals surface area contributed by atoms with E-state index in [2.05, 4.69) is 4.98 Å². The Morgan fingerprint density at radius 3 is 2.57 bits per heavy atom. The lowest BCUT2D eigenvalue weighted by molar-refractivity contribution is -0.128. The predicted molar refractivity (Wildman–Crippen MR) is 79.7 cm³/mol. The van der Waals surface area contributed by atoms with Crippen molar-refractivity contribution in [1.82, 2.24) is 9.88 Å². The third-order valence-electron chi connectivity index (χ3n) is 3.70. The summed E-state index contributed by atoms with van der Waals surface area (Å²) in [5.74, 6) is -0.387. The number of likely N-dealkylation sites (N-methyl/N-ethyl adjacent to an activating group) is 1. The van der Waals surface area contributed by atoms with Crippen molar-refractivity contribution < 1.29 is 14.7 Å². The number of carbonyl (C=O) groups excluding carboxylic acids is 1. The van der Waals surface area contributed by atoms with E-state index in [1.54, 1.807) is 18.0 Å². The van der Waals surface area contributed by atoms with Crippen LogP contribution in [-0.4, -0.2) is 53.5 Å². The van der Waals surface area contributed by atoms with Gasteiger partial charge in [0.1, 0.15) is 5.82 Å². The largest absolute Gasteiger partial charge is 0.478 e. The van der Waals surface area contributed by atoms with Gasteiger partial charge in [-0.2, -0.15) is 0 Å². The Balaban J connectivity index is 2.13. The number of carboxylic acid groups (broad SMARTS) is 1. The Kier molecular flexibility index (Phi) is 4.77. The molecule has 1 aromatic rings. The zero-order valence-corrected chi connectivity index (χ0v) is 12.5. The van der Waals surface area contributed by atoms with Crippen LogP contribution >= 0.6 is 0 Å². The molecule has 114 valence electrons. The third kappa shape index (κ3) is 3.71. The number of anilines is 1. The number of pyridine rings is 1. The monoisotopic (exact) mass is 291 g/mol. The SMILES string of the molecule is CCc1cc(C(=O)O)cc(N(C)CC(=O)N2CCCC2)n1. The number of aryl methyl sites for hydroxylation is 1. The molecular weight excluding hydrogens is 270 g/mol. The second-order valence-corrected chi connectivity index (χ2v) is 5.31. The Morgan fingerprint density at radius 1 is 1.33 bits per heavy atom. The molecule has 0 radical (unpaired) electrons. The number of carbonyl (C=O) groups is 2. The molecule has 1 aromatic heterocycles. The van der Waals surface area contributed by atoms with E-state index in [0.717, 1.165) is 25.9 Å². The number of carboxylic acids is 1. The van der Waals surface area contributed by atoms with E-state index in [1.165, 1.54) is 6.07 Å². The first-order chi connectivity index (χ1) is 10.0. The van der Waals surface area contributed by atoms with Crippen molar-refractivity contribution in [1.29, 1.82) is 0 Å². The minimum Gasteiger partial charge on any atom is -0.478 e. The van der Waals surface area contributed by atoms with Gasteiger partial charge in [-0.15, -0.1) is 0 Å². The maximum atomic E-state index is 12.1. The molecule has 0 unspecified atom stereocenters. The molecule has 1 N–H and O–H groups in total. The van der Waals surface area contributed by atoms with Crippen LogP contribution in [0.3, 0.4) is 0 Å². The van der Waals surface area contributed by atoms with Crippen LogP contribution in [0.4, 0.5) is 5.82 Å². The number of amides is 1. The maximum absolute atomic E-state index is 12.1. The Hall–Kier alpha value is -2.11.